The van der Waals surface area contributed by atoms with E-state index in [0.717, 1.165) is 24.4 Å². The van der Waals surface area contributed by atoms with Crippen molar-refractivity contribution in [3.63, 3.8) is 0 Å². The van der Waals surface area contributed by atoms with Gasteiger partial charge in [-0.05, 0) is 54.8 Å². The molecule has 30 heavy (non-hydrogen) atoms. The summed E-state index contributed by atoms with van der Waals surface area (Å²) in [5.41, 5.74) is 4.11. The highest BCUT2D eigenvalue weighted by Crippen LogP contribution is 2.51. The lowest BCUT2D eigenvalue weighted by Gasteiger charge is -2.48. The largest absolute Gasteiger partial charge is 0.498 e. The number of benzene rings is 2. The summed E-state index contributed by atoms with van der Waals surface area (Å²) in [5.74, 6) is 1.18. The maximum Gasteiger partial charge on any atom is 0.1000 e. The molecule has 1 fully saturated rings. The molecule has 1 saturated heterocycles. The molecule has 2 heterocycles. The highest BCUT2D eigenvalue weighted by molar-refractivity contribution is 14.2. The predicted octanol–water partition coefficient (Wildman–Crippen LogP) is 8.19. The second kappa shape index (κ2) is 11.0. The first-order chi connectivity index (χ1) is 14.7. The van der Waals surface area contributed by atoms with Crippen molar-refractivity contribution in [2.45, 2.75) is 37.9 Å². The molecule has 0 N–H and O–H groups in total. The molecule has 3 atom stereocenters. The zero-order valence-electron chi connectivity index (χ0n) is 16.5. The maximum absolute atomic E-state index is 6.23. The Balaban J connectivity index is 1.73. The fourth-order valence-electron chi connectivity index (χ4n) is 4.42. The van der Waals surface area contributed by atoms with E-state index in [1.165, 1.54) is 22.5 Å². The Kier molecular flexibility index (Phi) is 8.60. The van der Waals surface area contributed by atoms with Gasteiger partial charge >= 0.3 is 0 Å². The van der Waals surface area contributed by atoms with Gasteiger partial charge in [0.1, 0.15) is 0 Å². The molecule has 0 aliphatic carbocycles. The van der Waals surface area contributed by atoms with Crippen LogP contribution in [0.2, 0.25) is 5.02 Å². The van der Waals surface area contributed by atoms with Crippen LogP contribution in [0, 0.1) is 0 Å². The van der Waals surface area contributed by atoms with E-state index >= 15 is 0 Å². The van der Waals surface area contributed by atoms with Crippen molar-refractivity contribution in [1.82, 2.24) is 8.61 Å². The van der Waals surface area contributed by atoms with E-state index < -0.39 is 0 Å². The average Bonchev–Trinajstić information content (AvgIpc) is 2.79. The minimum absolute atomic E-state index is 0.313. The molecule has 0 saturated carbocycles. The lowest BCUT2D eigenvalue weighted by molar-refractivity contribution is 0.129. The van der Waals surface area contributed by atoms with Gasteiger partial charge in [0.05, 0.1) is 18.4 Å². The molecule has 2 aliphatic heterocycles. The lowest BCUT2D eigenvalue weighted by atomic mass is 9.84. The van der Waals surface area contributed by atoms with Gasteiger partial charge in [-0.2, -0.15) is 0 Å². The summed E-state index contributed by atoms with van der Waals surface area (Å²) >= 11 is 11.0. The van der Waals surface area contributed by atoms with E-state index in [1.807, 2.05) is 21.3 Å². The molecule has 4 rings (SSSR count). The predicted molar refractivity (Wildman–Crippen MR) is 147 cm³/mol. The SMILES string of the molecule is CCOC1=C2CN(SI)[C@H](c3ccc(Cl)cc3)CC2N(SI)C(c2ccccc2)C1. The summed E-state index contributed by atoms with van der Waals surface area (Å²) in [7, 11) is 3.62. The van der Waals surface area contributed by atoms with Crippen LogP contribution in [-0.2, 0) is 4.74 Å². The molecule has 160 valence electrons. The second-order valence-corrected chi connectivity index (χ2v) is 11.4. The normalized spacial score (nSPS) is 25.3. The van der Waals surface area contributed by atoms with E-state index in [1.54, 1.807) is 9.12 Å². The fraction of sp³-hybridized carbons (Fsp3) is 0.364. The van der Waals surface area contributed by atoms with Gasteiger partial charge in [0.25, 0.3) is 0 Å². The Morgan fingerprint density at radius 2 is 1.67 bits per heavy atom. The van der Waals surface area contributed by atoms with Gasteiger partial charge in [-0.3, -0.25) is 0 Å². The Hall–Kier alpha value is 0.350. The van der Waals surface area contributed by atoms with Crippen molar-refractivity contribution in [3.05, 3.63) is 82.1 Å². The molecule has 0 radical (unpaired) electrons. The van der Waals surface area contributed by atoms with Crippen molar-refractivity contribution < 1.29 is 4.74 Å². The third-order valence-electron chi connectivity index (χ3n) is 5.80. The van der Waals surface area contributed by atoms with E-state index in [9.17, 15) is 0 Å². The molecule has 2 aromatic carbocycles. The Bertz CT molecular complexity index is 884. The number of fused-ring (bicyclic) bond motifs is 1. The fourth-order valence-corrected chi connectivity index (χ4v) is 8.53. The Morgan fingerprint density at radius 1 is 0.967 bits per heavy atom. The first kappa shape index (κ1) is 23.5. The van der Waals surface area contributed by atoms with Gasteiger partial charge in [-0.1, -0.05) is 54.1 Å². The third kappa shape index (κ3) is 4.97. The van der Waals surface area contributed by atoms with E-state index in [4.69, 9.17) is 16.3 Å². The van der Waals surface area contributed by atoms with Crippen LogP contribution in [0.15, 0.2) is 65.9 Å². The molecule has 0 bridgehead atoms. The molecule has 2 unspecified atom stereocenters. The minimum Gasteiger partial charge on any atom is -0.498 e. The molecule has 2 aromatic rings. The Labute approximate surface area is 216 Å². The number of halogens is 3. The smallest absolute Gasteiger partial charge is 0.1000 e. The molecular weight excluding hydrogens is 662 g/mol. The molecule has 8 heteroatoms. The first-order valence-corrected chi connectivity index (χ1v) is 16.9. The van der Waals surface area contributed by atoms with Gasteiger partial charge in [0.2, 0.25) is 0 Å². The van der Waals surface area contributed by atoms with Gasteiger partial charge in [0.15, 0.2) is 0 Å². The topological polar surface area (TPSA) is 15.7 Å². The van der Waals surface area contributed by atoms with Crippen molar-refractivity contribution in [3.8, 4) is 0 Å². The molecule has 0 spiro atoms. The van der Waals surface area contributed by atoms with Crippen LogP contribution >= 0.6 is 72.3 Å². The van der Waals surface area contributed by atoms with Gasteiger partial charge in [-0.15, -0.1) is 0 Å². The van der Waals surface area contributed by atoms with Crippen molar-refractivity contribution in [2.24, 2.45) is 0 Å². The average molecular weight is 685 g/mol. The molecule has 3 nitrogen and oxygen atoms in total. The highest BCUT2D eigenvalue weighted by atomic mass is 127. The van der Waals surface area contributed by atoms with E-state index in [-0.39, 0.29) is 0 Å². The highest BCUT2D eigenvalue weighted by Gasteiger charge is 2.44. The van der Waals surface area contributed by atoms with Crippen LogP contribution in [0.25, 0.3) is 0 Å². The standard InChI is InChI=1S/C22H23ClI2N2OS2/c1-2-28-22-13-20(15-6-4-3-5-7-15)27(30-25)21-12-19(26(29-24)14-18(21)22)16-8-10-17(23)11-9-16/h3-11,19-21H,2,12-14H2,1H3/t19-,20?,21?/m0/s1. The Morgan fingerprint density at radius 3 is 2.30 bits per heavy atom. The van der Waals surface area contributed by atoms with Gasteiger partial charge in [0, 0.05) is 78.1 Å². The molecular formula is C22H23ClI2N2OS2. The van der Waals surface area contributed by atoms with Crippen LogP contribution in [-0.4, -0.2) is 27.8 Å². The van der Waals surface area contributed by atoms with Crippen LogP contribution < -0.4 is 0 Å². The van der Waals surface area contributed by atoms with Crippen LogP contribution in [0.5, 0.6) is 0 Å². The second-order valence-electron chi connectivity index (χ2n) is 7.40. The zero-order chi connectivity index (χ0) is 21.1. The monoisotopic (exact) mass is 684 g/mol. The number of hydrogen-bond donors (Lipinski definition) is 0. The number of nitrogens with zero attached hydrogens (tertiary/aromatic N) is 2. The maximum atomic E-state index is 6.23. The van der Waals surface area contributed by atoms with Gasteiger partial charge in [-0.25, -0.2) is 8.61 Å². The summed E-state index contributed by atoms with van der Waals surface area (Å²) in [6.07, 6.45) is 1.95. The summed E-state index contributed by atoms with van der Waals surface area (Å²) in [4.78, 5) is 0. The summed E-state index contributed by atoms with van der Waals surface area (Å²) in [5, 5.41) is 0.786. The van der Waals surface area contributed by atoms with Crippen LogP contribution in [0.3, 0.4) is 0 Å². The van der Waals surface area contributed by atoms with Crippen molar-refractivity contribution in [2.75, 3.05) is 13.2 Å². The number of hydrogen-bond acceptors (Lipinski definition) is 5. The van der Waals surface area contributed by atoms with E-state index in [0.29, 0.717) is 24.7 Å². The van der Waals surface area contributed by atoms with Crippen molar-refractivity contribution >= 4 is 72.3 Å². The van der Waals surface area contributed by atoms with Crippen LogP contribution in [0.4, 0.5) is 0 Å². The lowest BCUT2D eigenvalue weighted by Crippen LogP contribution is -2.47. The first-order valence-electron chi connectivity index (χ1n) is 9.93. The summed E-state index contributed by atoms with van der Waals surface area (Å²) < 4.78 is 11.3. The minimum atomic E-state index is 0.313. The quantitative estimate of drug-likeness (QED) is 0.225. The summed E-state index contributed by atoms with van der Waals surface area (Å²) in [6.45, 7) is 3.71. The summed E-state index contributed by atoms with van der Waals surface area (Å²) in [6, 6.07) is 20.2. The zero-order valence-corrected chi connectivity index (χ0v) is 23.2. The number of piperidine rings is 1. The number of ether oxygens (including phenoxy) is 1. The molecule has 0 amide bonds. The van der Waals surface area contributed by atoms with E-state index in [2.05, 4.69) is 100 Å². The van der Waals surface area contributed by atoms with Gasteiger partial charge < -0.3 is 4.74 Å². The third-order valence-corrected chi connectivity index (χ3v) is 10.2. The molecule has 2 aliphatic rings. The van der Waals surface area contributed by atoms with Crippen molar-refractivity contribution in [1.29, 1.82) is 0 Å². The number of rotatable bonds is 6. The van der Waals surface area contributed by atoms with Crippen LogP contribution in [0.1, 0.15) is 43.0 Å². The molecule has 0 aromatic heterocycles.